The van der Waals surface area contributed by atoms with E-state index in [0.29, 0.717) is 24.2 Å². The average Bonchev–Trinajstić information content (AvgIpc) is 3.49. The number of nitrogens with zero attached hydrogens (tertiary/aromatic N) is 2. The van der Waals surface area contributed by atoms with E-state index in [9.17, 15) is 4.79 Å². The van der Waals surface area contributed by atoms with Gasteiger partial charge in [0.1, 0.15) is 0 Å². The van der Waals surface area contributed by atoms with Crippen molar-refractivity contribution < 1.29 is 4.79 Å². The standard InChI is InChI=1S/C24H31N3O/c28-24(11-18-12-25-21-5-2-1-4-20(18)21)26-13-16-10-19(15-26)23-7-3-6-22(17-8-9-17)27(23)14-16/h1-2,4-5,12,16-17,19,22-23,25H,3,6-11,13-15H2/t16-,19+,22+,23-/m0/s1. The normalized spacial score (nSPS) is 33.1. The molecule has 4 fully saturated rings. The minimum atomic E-state index is 0.322. The van der Waals surface area contributed by atoms with Crippen molar-refractivity contribution in [2.75, 3.05) is 19.6 Å². The first kappa shape index (κ1) is 17.1. The molecule has 1 saturated carbocycles. The Bertz CT molecular complexity index is 885. The number of amides is 1. The number of benzene rings is 1. The van der Waals surface area contributed by atoms with Gasteiger partial charge in [-0.2, -0.15) is 0 Å². The van der Waals surface area contributed by atoms with E-state index in [0.717, 1.165) is 42.2 Å². The molecule has 4 atom stereocenters. The minimum absolute atomic E-state index is 0.322. The van der Waals surface area contributed by atoms with Gasteiger partial charge in [-0.05, 0) is 61.5 Å². The summed E-state index contributed by atoms with van der Waals surface area (Å²) in [5.41, 5.74) is 2.27. The molecule has 1 amide bonds. The highest BCUT2D eigenvalue weighted by Gasteiger charge is 2.48. The number of carbonyl (C=O) groups excluding carboxylic acids is 1. The van der Waals surface area contributed by atoms with Gasteiger partial charge in [-0.25, -0.2) is 0 Å². The zero-order valence-corrected chi connectivity index (χ0v) is 16.6. The lowest BCUT2D eigenvalue weighted by molar-refractivity contribution is -0.138. The Morgan fingerprint density at radius 1 is 1.00 bits per heavy atom. The molecule has 1 aromatic carbocycles. The maximum Gasteiger partial charge on any atom is 0.227 e. The SMILES string of the molecule is O=C(Cc1c[nH]c2ccccc12)N1C[C@@H]2C[C@H](C1)[C@@H]1CCC[C@H](C3CC3)N1C2. The Kier molecular flexibility index (Phi) is 4.04. The average molecular weight is 378 g/mol. The Morgan fingerprint density at radius 3 is 2.68 bits per heavy atom. The molecule has 2 aromatic rings. The number of para-hydroxylation sites is 1. The van der Waals surface area contributed by atoms with Gasteiger partial charge in [0.15, 0.2) is 0 Å². The number of hydrogen-bond acceptors (Lipinski definition) is 2. The lowest BCUT2D eigenvalue weighted by Crippen LogP contribution is -2.62. The number of aromatic nitrogens is 1. The van der Waals surface area contributed by atoms with Crippen LogP contribution in [0.4, 0.5) is 0 Å². The number of hydrogen-bond donors (Lipinski definition) is 1. The van der Waals surface area contributed by atoms with Gasteiger partial charge < -0.3 is 9.88 Å². The fourth-order valence-corrected chi connectivity index (χ4v) is 6.59. The van der Waals surface area contributed by atoms with Crippen LogP contribution in [0.25, 0.3) is 10.9 Å². The summed E-state index contributed by atoms with van der Waals surface area (Å²) in [6.07, 6.45) is 11.0. The van der Waals surface area contributed by atoms with E-state index in [4.69, 9.17) is 0 Å². The number of H-pyrrole nitrogens is 1. The molecular weight excluding hydrogens is 346 g/mol. The van der Waals surface area contributed by atoms with Gasteiger partial charge in [-0.1, -0.05) is 24.6 Å². The molecule has 4 aliphatic rings. The van der Waals surface area contributed by atoms with Crippen molar-refractivity contribution in [3.63, 3.8) is 0 Å². The highest BCUT2D eigenvalue weighted by molar-refractivity contribution is 5.88. The van der Waals surface area contributed by atoms with Crippen molar-refractivity contribution in [2.45, 2.75) is 57.0 Å². The number of nitrogens with one attached hydrogen (secondary N) is 1. The third-order valence-electron chi connectivity index (χ3n) is 7.97. The van der Waals surface area contributed by atoms with Crippen molar-refractivity contribution in [3.8, 4) is 0 Å². The number of fused-ring (bicyclic) bond motifs is 5. The molecule has 2 bridgehead atoms. The summed E-state index contributed by atoms with van der Waals surface area (Å²) >= 11 is 0. The van der Waals surface area contributed by atoms with Gasteiger partial charge in [0.25, 0.3) is 0 Å². The number of aromatic amines is 1. The molecule has 3 aliphatic heterocycles. The Hall–Kier alpha value is -1.81. The number of piperidine rings is 3. The Morgan fingerprint density at radius 2 is 1.82 bits per heavy atom. The van der Waals surface area contributed by atoms with E-state index < -0.39 is 0 Å². The molecular formula is C24H31N3O. The second kappa shape index (κ2) is 6.62. The largest absolute Gasteiger partial charge is 0.361 e. The molecule has 0 spiro atoms. The summed E-state index contributed by atoms with van der Waals surface area (Å²) in [5, 5.41) is 1.19. The molecule has 1 aromatic heterocycles. The Labute approximate surface area is 167 Å². The van der Waals surface area contributed by atoms with E-state index in [2.05, 4.69) is 33.0 Å². The molecule has 1 aliphatic carbocycles. The van der Waals surface area contributed by atoms with Crippen molar-refractivity contribution >= 4 is 16.8 Å². The van der Waals surface area contributed by atoms with Crippen LogP contribution in [-0.2, 0) is 11.2 Å². The fourth-order valence-electron chi connectivity index (χ4n) is 6.59. The monoisotopic (exact) mass is 377 g/mol. The quantitative estimate of drug-likeness (QED) is 0.883. The maximum absolute atomic E-state index is 13.2. The third-order valence-corrected chi connectivity index (χ3v) is 7.97. The van der Waals surface area contributed by atoms with Crippen LogP contribution in [0.5, 0.6) is 0 Å². The van der Waals surface area contributed by atoms with Crippen LogP contribution in [0.2, 0.25) is 0 Å². The highest BCUT2D eigenvalue weighted by Crippen LogP contribution is 2.46. The molecule has 148 valence electrons. The van der Waals surface area contributed by atoms with Crippen LogP contribution in [0, 0.1) is 17.8 Å². The van der Waals surface area contributed by atoms with E-state index in [1.54, 1.807) is 0 Å². The van der Waals surface area contributed by atoms with Crippen LogP contribution >= 0.6 is 0 Å². The predicted octanol–water partition coefficient (Wildman–Crippen LogP) is 3.82. The predicted molar refractivity (Wildman–Crippen MR) is 111 cm³/mol. The zero-order valence-electron chi connectivity index (χ0n) is 16.6. The number of likely N-dealkylation sites (tertiary alicyclic amines) is 1. The molecule has 0 unspecified atom stereocenters. The van der Waals surface area contributed by atoms with Gasteiger partial charge in [0.05, 0.1) is 6.42 Å². The third kappa shape index (κ3) is 2.88. The number of rotatable bonds is 3. The molecule has 28 heavy (non-hydrogen) atoms. The molecule has 6 rings (SSSR count). The summed E-state index contributed by atoms with van der Waals surface area (Å²) < 4.78 is 0. The molecule has 4 heterocycles. The van der Waals surface area contributed by atoms with Gasteiger partial charge in [0, 0.05) is 48.8 Å². The van der Waals surface area contributed by atoms with Gasteiger partial charge >= 0.3 is 0 Å². The van der Waals surface area contributed by atoms with Gasteiger partial charge in [-0.15, -0.1) is 0 Å². The van der Waals surface area contributed by atoms with Crippen molar-refractivity contribution in [2.24, 2.45) is 17.8 Å². The van der Waals surface area contributed by atoms with Crippen LogP contribution in [0.1, 0.15) is 44.1 Å². The van der Waals surface area contributed by atoms with Crippen LogP contribution in [0.3, 0.4) is 0 Å². The van der Waals surface area contributed by atoms with Crippen LogP contribution in [0.15, 0.2) is 30.5 Å². The summed E-state index contributed by atoms with van der Waals surface area (Å²) in [7, 11) is 0. The summed E-state index contributed by atoms with van der Waals surface area (Å²) in [6.45, 7) is 3.19. The summed E-state index contributed by atoms with van der Waals surface area (Å²) in [6, 6.07) is 9.90. The zero-order chi connectivity index (χ0) is 18.7. The van der Waals surface area contributed by atoms with Crippen LogP contribution < -0.4 is 0 Å². The summed E-state index contributed by atoms with van der Waals surface area (Å²) in [4.78, 5) is 21.6. The van der Waals surface area contributed by atoms with E-state index >= 15 is 0 Å². The Balaban J connectivity index is 1.18. The maximum atomic E-state index is 13.2. The second-order valence-corrected chi connectivity index (χ2v) is 9.80. The first-order chi connectivity index (χ1) is 13.8. The van der Waals surface area contributed by atoms with Crippen molar-refractivity contribution in [1.29, 1.82) is 0 Å². The molecule has 1 N–H and O–H groups in total. The van der Waals surface area contributed by atoms with Gasteiger partial charge in [-0.3, -0.25) is 9.69 Å². The summed E-state index contributed by atoms with van der Waals surface area (Å²) in [5.74, 6) is 2.69. The van der Waals surface area contributed by atoms with E-state index in [-0.39, 0.29) is 0 Å². The lowest BCUT2D eigenvalue weighted by Gasteiger charge is -2.55. The van der Waals surface area contributed by atoms with Crippen molar-refractivity contribution in [1.82, 2.24) is 14.8 Å². The highest BCUT2D eigenvalue weighted by atomic mass is 16.2. The lowest BCUT2D eigenvalue weighted by atomic mass is 9.74. The molecule has 4 nitrogen and oxygen atoms in total. The fraction of sp³-hybridized carbons (Fsp3) is 0.625. The minimum Gasteiger partial charge on any atom is -0.361 e. The molecule has 3 saturated heterocycles. The van der Waals surface area contributed by atoms with Gasteiger partial charge in [0.2, 0.25) is 5.91 Å². The van der Waals surface area contributed by atoms with Crippen molar-refractivity contribution in [3.05, 3.63) is 36.0 Å². The first-order valence-corrected chi connectivity index (χ1v) is 11.3. The molecule has 0 radical (unpaired) electrons. The molecule has 4 heteroatoms. The smallest absolute Gasteiger partial charge is 0.227 e. The second-order valence-electron chi connectivity index (χ2n) is 9.80. The van der Waals surface area contributed by atoms with Crippen LogP contribution in [-0.4, -0.2) is 52.4 Å². The van der Waals surface area contributed by atoms with E-state index in [1.165, 1.54) is 50.5 Å². The first-order valence-electron chi connectivity index (χ1n) is 11.3. The topological polar surface area (TPSA) is 39.3 Å². The number of carbonyl (C=O) groups is 1. The van der Waals surface area contributed by atoms with E-state index in [1.807, 2.05) is 12.3 Å².